The van der Waals surface area contributed by atoms with Crippen LogP contribution < -0.4 is 10.8 Å². The Labute approximate surface area is 225 Å². The molecule has 4 N–H and O–H groups in total. The lowest BCUT2D eigenvalue weighted by Gasteiger charge is -2.22. The Hall–Kier alpha value is -2.38. The number of nitrogens with zero attached hydrogens (tertiary/aromatic N) is 4. The van der Waals surface area contributed by atoms with Gasteiger partial charge in [0, 0.05) is 12.3 Å². The highest BCUT2D eigenvalue weighted by Gasteiger charge is 2.33. The summed E-state index contributed by atoms with van der Waals surface area (Å²) in [6.07, 6.45) is 3.71. The number of anilines is 1. The number of imidazole rings is 1. The van der Waals surface area contributed by atoms with Crippen LogP contribution in [0, 0.1) is 5.41 Å². The Bertz CT molecular complexity index is 1280. The third-order valence-corrected chi connectivity index (χ3v) is 8.80. The number of nitrogen functional groups attached to an aromatic ring is 1. The van der Waals surface area contributed by atoms with Crippen LogP contribution in [0.15, 0.2) is 43.0 Å². The van der Waals surface area contributed by atoms with Crippen LogP contribution in [0.1, 0.15) is 38.5 Å². The number of aliphatic hydroxyl groups is 1. The Balaban J connectivity index is 1.34. The lowest BCUT2D eigenvalue weighted by Crippen LogP contribution is -2.26. The first kappa shape index (κ1) is 28.6. The van der Waals surface area contributed by atoms with Crippen molar-refractivity contribution < 1.29 is 28.3 Å². The Morgan fingerprint density at radius 1 is 1.26 bits per heavy atom. The highest BCUT2D eigenvalue weighted by Crippen LogP contribution is 2.45. The molecule has 4 rings (SSSR count). The van der Waals surface area contributed by atoms with Crippen LogP contribution in [-0.2, 0) is 29.7 Å². The summed E-state index contributed by atoms with van der Waals surface area (Å²) < 4.78 is 33.0. The first-order valence-electron chi connectivity index (χ1n) is 12.3. The van der Waals surface area contributed by atoms with E-state index >= 15 is 0 Å². The number of fused-ring (bicyclic) bond motifs is 1. The summed E-state index contributed by atoms with van der Waals surface area (Å²) in [5.41, 5.74) is 7.04. The van der Waals surface area contributed by atoms with Crippen molar-refractivity contribution in [3.8, 4) is 0 Å². The molecule has 12 nitrogen and oxygen atoms in total. The van der Waals surface area contributed by atoms with Gasteiger partial charge in [0.05, 0.1) is 37.7 Å². The van der Waals surface area contributed by atoms with Gasteiger partial charge < -0.3 is 15.6 Å². The molecule has 3 atom stereocenters. The van der Waals surface area contributed by atoms with E-state index in [0.717, 1.165) is 17.3 Å². The standard InChI is InChI=1S/C24H33N6O6PS/c1-24(2,14-31)23(32)38-11-10-34-37(33,29-12-17-6-4-3-5-7-17)35-13-18-8-9-19(36-18)30-16-28-20-21(25)26-15-27-22(20)30/h3-7,15-16,18-19,31H,8-14H2,1-2H3,(H,29,33)(H2,25,26,27). The molecule has 1 aliphatic heterocycles. The number of ether oxygens (including phenoxy) is 1. The molecule has 206 valence electrons. The van der Waals surface area contributed by atoms with Gasteiger partial charge in [-0.2, -0.15) is 0 Å². The first-order chi connectivity index (χ1) is 18.2. The molecule has 3 heterocycles. The summed E-state index contributed by atoms with van der Waals surface area (Å²) in [5, 5.41) is 12.1. The normalized spacial score (nSPS) is 19.6. The average Bonchev–Trinajstić information content (AvgIpc) is 3.57. The van der Waals surface area contributed by atoms with E-state index in [4.69, 9.17) is 19.5 Å². The second-order valence-electron chi connectivity index (χ2n) is 9.50. The lowest BCUT2D eigenvalue weighted by atomic mass is 9.97. The van der Waals surface area contributed by atoms with E-state index in [1.165, 1.54) is 6.33 Å². The molecule has 14 heteroatoms. The van der Waals surface area contributed by atoms with E-state index in [0.29, 0.717) is 29.8 Å². The number of hydrogen-bond donors (Lipinski definition) is 3. The van der Waals surface area contributed by atoms with Crippen molar-refractivity contribution in [2.75, 3.05) is 31.3 Å². The van der Waals surface area contributed by atoms with Crippen molar-refractivity contribution >= 4 is 41.6 Å². The fourth-order valence-electron chi connectivity index (χ4n) is 3.74. The lowest BCUT2D eigenvalue weighted by molar-refractivity contribution is -0.119. The molecule has 38 heavy (non-hydrogen) atoms. The summed E-state index contributed by atoms with van der Waals surface area (Å²) in [5.74, 6) is 0.567. The van der Waals surface area contributed by atoms with E-state index < -0.39 is 13.2 Å². The number of nitrogens with one attached hydrogen (secondary N) is 1. The minimum Gasteiger partial charge on any atom is -0.395 e. The van der Waals surface area contributed by atoms with Gasteiger partial charge in [0.1, 0.15) is 18.1 Å². The molecule has 0 bridgehead atoms. The van der Waals surface area contributed by atoms with E-state index in [-0.39, 0.29) is 49.6 Å². The van der Waals surface area contributed by atoms with Crippen molar-refractivity contribution in [3.05, 3.63) is 48.5 Å². The number of nitrogens with two attached hydrogens (primary N) is 1. The van der Waals surface area contributed by atoms with Crippen LogP contribution in [-0.4, -0.2) is 61.4 Å². The van der Waals surface area contributed by atoms with Crippen LogP contribution in [0.4, 0.5) is 5.82 Å². The molecule has 1 saturated heterocycles. The molecule has 0 amide bonds. The predicted octanol–water partition coefficient (Wildman–Crippen LogP) is 3.30. The summed E-state index contributed by atoms with van der Waals surface area (Å²) in [6, 6.07) is 9.48. The van der Waals surface area contributed by atoms with Crippen LogP contribution in [0.3, 0.4) is 0 Å². The fraction of sp³-hybridized carbons (Fsp3) is 0.500. The smallest absolute Gasteiger partial charge is 0.395 e. The molecular formula is C24H33N6O6PS. The zero-order valence-electron chi connectivity index (χ0n) is 21.4. The van der Waals surface area contributed by atoms with Gasteiger partial charge in [0.2, 0.25) is 0 Å². The monoisotopic (exact) mass is 564 g/mol. The van der Waals surface area contributed by atoms with E-state index in [2.05, 4.69) is 20.0 Å². The number of carbonyl (C=O) groups is 1. The van der Waals surface area contributed by atoms with Gasteiger partial charge in [-0.1, -0.05) is 42.1 Å². The quantitative estimate of drug-likeness (QED) is 0.205. The molecule has 0 spiro atoms. The highest BCUT2D eigenvalue weighted by atomic mass is 32.2. The first-order valence-corrected chi connectivity index (χ1v) is 14.8. The Morgan fingerprint density at radius 2 is 2.05 bits per heavy atom. The van der Waals surface area contributed by atoms with Gasteiger partial charge >= 0.3 is 7.75 Å². The molecule has 3 unspecified atom stereocenters. The molecule has 1 aliphatic rings. The predicted molar refractivity (Wildman–Crippen MR) is 144 cm³/mol. The number of hydrogen-bond acceptors (Lipinski definition) is 11. The van der Waals surface area contributed by atoms with Gasteiger partial charge in [0.15, 0.2) is 16.6 Å². The molecule has 0 saturated carbocycles. The Morgan fingerprint density at radius 3 is 2.82 bits per heavy atom. The number of thioether (sulfide) groups is 1. The van der Waals surface area contributed by atoms with Crippen LogP contribution in [0.5, 0.6) is 0 Å². The summed E-state index contributed by atoms with van der Waals surface area (Å²) in [7, 11) is -3.73. The van der Waals surface area contributed by atoms with Gasteiger partial charge in [-0.05, 0) is 32.3 Å². The minimum absolute atomic E-state index is 0.0211. The van der Waals surface area contributed by atoms with Crippen molar-refractivity contribution in [1.29, 1.82) is 0 Å². The molecule has 3 aromatic rings. The minimum atomic E-state index is -3.73. The zero-order chi connectivity index (χ0) is 27.2. The van der Waals surface area contributed by atoms with Crippen LogP contribution in [0.2, 0.25) is 0 Å². The number of carbonyl (C=O) groups excluding carboxylic acids is 1. The SMILES string of the molecule is CC(C)(CO)C(=O)SCCOP(=O)(NCc1ccccc1)OCC1CCC(n2cnc3c(N)ncnc32)O1. The van der Waals surface area contributed by atoms with Gasteiger partial charge in [0.25, 0.3) is 0 Å². The number of benzene rings is 1. The average molecular weight is 565 g/mol. The van der Waals surface area contributed by atoms with E-state index in [1.807, 2.05) is 30.3 Å². The second kappa shape index (κ2) is 12.6. The second-order valence-corrected chi connectivity index (χ2v) is 12.4. The third kappa shape index (κ3) is 7.17. The van der Waals surface area contributed by atoms with E-state index in [1.54, 1.807) is 24.7 Å². The van der Waals surface area contributed by atoms with Gasteiger partial charge in [-0.15, -0.1) is 0 Å². The maximum Gasteiger partial charge on any atom is 0.405 e. The maximum atomic E-state index is 13.6. The van der Waals surface area contributed by atoms with Gasteiger partial charge in [-0.3, -0.25) is 18.4 Å². The summed E-state index contributed by atoms with van der Waals surface area (Å²) in [6.45, 7) is 3.43. The third-order valence-electron chi connectivity index (χ3n) is 6.06. The largest absolute Gasteiger partial charge is 0.405 e. The fourth-order valence-corrected chi connectivity index (χ4v) is 6.00. The van der Waals surface area contributed by atoms with Crippen molar-refractivity contribution in [3.63, 3.8) is 0 Å². The summed E-state index contributed by atoms with van der Waals surface area (Å²) in [4.78, 5) is 24.8. The van der Waals surface area contributed by atoms with Crippen LogP contribution >= 0.6 is 19.5 Å². The Kier molecular flexibility index (Phi) is 9.53. The van der Waals surface area contributed by atoms with Gasteiger partial charge in [-0.25, -0.2) is 24.6 Å². The molecule has 1 fully saturated rings. The molecule has 1 aromatic carbocycles. The topological polar surface area (TPSA) is 164 Å². The van der Waals surface area contributed by atoms with Crippen LogP contribution in [0.25, 0.3) is 11.2 Å². The molecule has 2 aromatic heterocycles. The molecule has 0 radical (unpaired) electrons. The molecule has 0 aliphatic carbocycles. The van der Waals surface area contributed by atoms with Crippen molar-refractivity contribution in [2.45, 2.75) is 45.6 Å². The number of aliphatic hydroxyl groups excluding tert-OH is 1. The van der Waals surface area contributed by atoms with E-state index in [9.17, 15) is 14.5 Å². The number of aromatic nitrogens is 4. The zero-order valence-corrected chi connectivity index (χ0v) is 23.1. The number of rotatable bonds is 13. The maximum absolute atomic E-state index is 13.6. The molecular weight excluding hydrogens is 531 g/mol. The summed E-state index contributed by atoms with van der Waals surface area (Å²) >= 11 is 1.03. The highest BCUT2D eigenvalue weighted by molar-refractivity contribution is 8.13. The van der Waals surface area contributed by atoms with Crippen molar-refractivity contribution in [1.82, 2.24) is 24.6 Å². The van der Waals surface area contributed by atoms with Crippen molar-refractivity contribution in [2.24, 2.45) is 5.41 Å².